The van der Waals surface area contributed by atoms with E-state index in [-0.39, 0.29) is 18.1 Å². The topological polar surface area (TPSA) is 40.5 Å². The Morgan fingerprint density at radius 2 is 2.06 bits per heavy atom. The number of hydrogen-bond donors (Lipinski definition) is 1. The average Bonchev–Trinajstić information content (AvgIpc) is 2.24. The summed E-state index contributed by atoms with van der Waals surface area (Å²) >= 11 is 0. The molecule has 3 heteroatoms. The van der Waals surface area contributed by atoms with E-state index < -0.39 is 0 Å². The van der Waals surface area contributed by atoms with Crippen LogP contribution in [-0.4, -0.2) is 41.5 Å². The first-order valence-electron chi connectivity index (χ1n) is 6.33. The molecule has 1 unspecified atom stereocenters. The highest BCUT2D eigenvalue weighted by Crippen LogP contribution is 2.20. The lowest BCUT2D eigenvalue weighted by Gasteiger charge is -2.34. The SMILES string of the molecule is CC(C)(C)C(=O)CCN1CCCCC1CO. The van der Waals surface area contributed by atoms with E-state index in [0.29, 0.717) is 12.2 Å². The molecule has 0 aliphatic carbocycles. The molecular weight excluding hydrogens is 202 g/mol. The van der Waals surface area contributed by atoms with Crippen molar-refractivity contribution in [1.82, 2.24) is 4.90 Å². The zero-order valence-electron chi connectivity index (χ0n) is 10.8. The molecule has 94 valence electrons. The highest BCUT2D eigenvalue weighted by Gasteiger charge is 2.25. The number of Topliss-reactive ketones (excluding diaryl/α,β-unsaturated/α-hetero) is 1. The van der Waals surface area contributed by atoms with Crippen molar-refractivity contribution in [3.05, 3.63) is 0 Å². The number of carbonyl (C=O) groups excluding carboxylic acids is 1. The summed E-state index contributed by atoms with van der Waals surface area (Å²) in [6, 6.07) is 0.279. The predicted molar refractivity (Wildman–Crippen MR) is 65.4 cm³/mol. The van der Waals surface area contributed by atoms with Crippen molar-refractivity contribution in [3.8, 4) is 0 Å². The fourth-order valence-corrected chi connectivity index (χ4v) is 2.18. The third kappa shape index (κ3) is 3.87. The summed E-state index contributed by atoms with van der Waals surface area (Å²) in [7, 11) is 0. The van der Waals surface area contributed by atoms with E-state index in [2.05, 4.69) is 4.90 Å². The molecule has 1 fully saturated rings. The van der Waals surface area contributed by atoms with Gasteiger partial charge in [0.25, 0.3) is 0 Å². The number of ketones is 1. The van der Waals surface area contributed by atoms with Gasteiger partial charge in [-0.3, -0.25) is 9.69 Å². The Balaban J connectivity index is 2.38. The first kappa shape index (κ1) is 13.7. The lowest BCUT2D eigenvalue weighted by molar-refractivity contribution is -0.126. The van der Waals surface area contributed by atoms with Gasteiger partial charge >= 0.3 is 0 Å². The smallest absolute Gasteiger partial charge is 0.139 e. The van der Waals surface area contributed by atoms with Crippen molar-refractivity contribution in [2.24, 2.45) is 5.41 Å². The third-order valence-corrected chi connectivity index (χ3v) is 3.42. The molecule has 1 rings (SSSR count). The molecule has 1 aliphatic rings. The van der Waals surface area contributed by atoms with Crippen LogP contribution in [0.3, 0.4) is 0 Å². The van der Waals surface area contributed by atoms with Gasteiger partial charge in [-0.1, -0.05) is 27.2 Å². The highest BCUT2D eigenvalue weighted by molar-refractivity contribution is 5.83. The van der Waals surface area contributed by atoms with Crippen molar-refractivity contribution >= 4 is 5.78 Å². The molecule has 0 aromatic rings. The summed E-state index contributed by atoms with van der Waals surface area (Å²) in [6.45, 7) is 7.97. The number of aliphatic hydroxyl groups is 1. The molecule has 0 saturated carbocycles. The van der Waals surface area contributed by atoms with Crippen LogP contribution in [-0.2, 0) is 4.79 Å². The summed E-state index contributed by atoms with van der Waals surface area (Å²) in [6.07, 6.45) is 4.08. The normalized spacial score (nSPS) is 23.4. The second kappa shape index (κ2) is 5.78. The standard InChI is InChI=1S/C13H25NO2/c1-13(2,3)12(16)7-9-14-8-5-4-6-11(14)10-15/h11,15H,4-10H2,1-3H3. The second-order valence-electron chi connectivity index (χ2n) is 5.79. The van der Waals surface area contributed by atoms with Crippen LogP contribution in [0.2, 0.25) is 0 Å². The number of hydrogen-bond acceptors (Lipinski definition) is 3. The van der Waals surface area contributed by atoms with Crippen LogP contribution in [0.4, 0.5) is 0 Å². The Hall–Kier alpha value is -0.410. The lowest BCUT2D eigenvalue weighted by atomic mass is 9.88. The van der Waals surface area contributed by atoms with Crippen LogP contribution in [0.25, 0.3) is 0 Å². The first-order valence-corrected chi connectivity index (χ1v) is 6.33. The van der Waals surface area contributed by atoms with E-state index in [9.17, 15) is 9.90 Å². The fourth-order valence-electron chi connectivity index (χ4n) is 2.18. The molecule has 1 atom stereocenters. The van der Waals surface area contributed by atoms with Crippen molar-refractivity contribution in [3.63, 3.8) is 0 Å². The van der Waals surface area contributed by atoms with Crippen molar-refractivity contribution in [2.45, 2.75) is 52.5 Å². The molecule has 16 heavy (non-hydrogen) atoms. The Kier molecular flexibility index (Phi) is 4.93. The number of nitrogens with zero attached hydrogens (tertiary/aromatic N) is 1. The largest absolute Gasteiger partial charge is 0.395 e. The Bertz CT molecular complexity index is 233. The predicted octanol–water partition coefficient (Wildman–Crippen LogP) is 1.84. The maximum absolute atomic E-state index is 11.8. The molecule has 0 aromatic carbocycles. The van der Waals surface area contributed by atoms with E-state index in [0.717, 1.165) is 19.5 Å². The Morgan fingerprint density at radius 1 is 1.38 bits per heavy atom. The molecule has 1 heterocycles. The van der Waals surface area contributed by atoms with Crippen LogP contribution in [0.5, 0.6) is 0 Å². The summed E-state index contributed by atoms with van der Waals surface area (Å²) in [5.74, 6) is 0.315. The average molecular weight is 227 g/mol. The number of aliphatic hydroxyl groups excluding tert-OH is 1. The first-order chi connectivity index (χ1) is 7.45. The van der Waals surface area contributed by atoms with Crippen molar-refractivity contribution in [2.75, 3.05) is 19.7 Å². The number of carbonyl (C=O) groups is 1. The second-order valence-corrected chi connectivity index (χ2v) is 5.79. The summed E-state index contributed by atoms with van der Waals surface area (Å²) in [5.41, 5.74) is -0.232. The van der Waals surface area contributed by atoms with Crippen LogP contribution in [0.1, 0.15) is 46.5 Å². The van der Waals surface area contributed by atoms with Crippen LogP contribution < -0.4 is 0 Å². The molecule has 1 N–H and O–H groups in total. The van der Waals surface area contributed by atoms with Gasteiger partial charge in [0.1, 0.15) is 5.78 Å². The molecule has 0 radical (unpaired) electrons. The Morgan fingerprint density at radius 3 is 2.62 bits per heavy atom. The minimum atomic E-state index is -0.232. The molecule has 0 aromatic heterocycles. The van der Waals surface area contributed by atoms with Gasteiger partial charge in [0.15, 0.2) is 0 Å². The minimum Gasteiger partial charge on any atom is -0.395 e. The molecule has 1 aliphatic heterocycles. The third-order valence-electron chi connectivity index (χ3n) is 3.42. The molecule has 0 amide bonds. The van der Waals surface area contributed by atoms with Gasteiger partial charge in [0, 0.05) is 24.4 Å². The molecule has 0 bridgehead atoms. The number of rotatable bonds is 4. The summed E-state index contributed by atoms with van der Waals surface area (Å²) < 4.78 is 0. The molecule has 1 saturated heterocycles. The highest BCUT2D eigenvalue weighted by atomic mass is 16.3. The van der Waals surface area contributed by atoms with Gasteiger partial charge in [-0.05, 0) is 19.4 Å². The van der Waals surface area contributed by atoms with Crippen molar-refractivity contribution in [1.29, 1.82) is 0 Å². The maximum Gasteiger partial charge on any atom is 0.139 e. The number of likely N-dealkylation sites (tertiary alicyclic amines) is 1. The van der Waals surface area contributed by atoms with Gasteiger partial charge < -0.3 is 5.11 Å². The lowest BCUT2D eigenvalue weighted by Crippen LogP contribution is -2.43. The minimum absolute atomic E-state index is 0.226. The van der Waals surface area contributed by atoms with E-state index in [4.69, 9.17) is 0 Å². The maximum atomic E-state index is 11.8. The van der Waals surface area contributed by atoms with Gasteiger partial charge in [-0.25, -0.2) is 0 Å². The molecule has 3 nitrogen and oxygen atoms in total. The zero-order chi connectivity index (χ0) is 12.2. The van der Waals surface area contributed by atoms with Crippen LogP contribution >= 0.6 is 0 Å². The summed E-state index contributed by atoms with van der Waals surface area (Å²) in [4.78, 5) is 14.1. The Labute approximate surface area is 98.8 Å². The zero-order valence-corrected chi connectivity index (χ0v) is 10.8. The summed E-state index contributed by atoms with van der Waals surface area (Å²) in [5, 5.41) is 9.26. The van der Waals surface area contributed by atoms with Gasteiger partial charge in [0.05, 0.1) is 6.61 Å². The van der Waals surface area contributed by atoms with E-state index in [1.807, 2.05) is 20.8 Å². The monoisotopic (exact) mass is 227 g/mol. The fraction of sp³-hybridized carbons (Fsp3) is 0.923. The number of piperidine rings is 1. The van der Waals surface area contributed by atoms with E-state index in [1.165, 1.54) is 12.8 Å². The van der Waals surface area contributed by atoms with E-state index in [1.54, 1.807) is 0 Å². The molecular formula is C13H25NO2. The quantitative estimate of drug-likeness (QED) is 0.796. The van der Waals surface area contributed by atoms with Gasteiger partial charge in [0.2, 0.25) is 0 Å². The van der Waals surface area contributed by atoms with Gasteiger partial charge in [-0.2, -0.15) is 0 Å². The van der Waals surface area contributed by atoms with Crippen molar-refractivity contribution < 1.29 is 9.90 Å². The van der Waals surface area contributed by atoms with Crippen LogP contribution in [0, 0.1) is 5.41 Å². The van der Waals surface area contributed by atoms with E-state index >= 15 is 0 Å². The molecule has 0 spiro atoms. The van der Waals surface area contributed by atoms with Gasteiger partial charge in [-0.15, -0.1) is 0 Å². The van der Waals surface area contributed by atoms with Crippen LogP contribution in [0.15, 0.2) is 0 Å².